The normalized spacial score (nSPS) is 10.4. The first-order valence-electron chi connectivity index (χ1n) is 9.04. The lowest BCUT2D eigenvalue weighted by Crippen LogP contribution is -1.99. The minimum absolute atomic E-state index is 0.00861. The highest BCUT2D eigenvalue weighted by Crippen LogP contribution is 2.21. The Balaban J connectivity index is 0.000000151. The number of fused-ring (bicyclic) bond motifs is 2. The summed E-state index contributed by atoms with van der Waals surface area (Å²) in [6, 6.07) is 32.5. The van der Waals surface area contributed by atoms with Gasteiger partial charge in [-0.25, -0.2) is 0 Å². The zero-order chi connectivity index (χ0) is 19.3. The van der Waals surface area contributed by atoms with Gasteiger partial charge in [-0.15, -0.1) is 0 Å². The number of benzene rings is 4. The molecule has 1 aromatic heterocycles. The Labute approximate surface area is 162 Å². The fourth-order valence-electron chi connectivity index (χ4n) is 3.10. The summed E-state index contributed by atoms with van der Waals surface area (Å²) in [6.45, 7) is 0. The molecule has 0 unspecified atom stereocenters. The number of nitrogens with two attached hydrogens (primary N) is 1. The summed E-state index contributed by atoms with van der Waals surface area (Å²) in [6.07, 6.45) is 0. The highest BCUT2D eigenvalue weighted by atomic mass is 16.3. The predicted octanol–water partition coefficient (Wildman–Crippen LogP) is 5.88. The second-order valence-corrected chi connectivity index (χ2v) is 6.41. The molecular formula is C25H19NO2. The van der Waals surface area contributed by atoms with Crippen LogP contribution in [0.2, 0.25) is 0 Å². The highest BCUT2D eigenvalue weighted by Gasteiger charge is 2.05. The molecule has 5 aromatic rings. The lowest BCUT2D eigenvalue weighted by molar-refractivity contribution is 0.619. The summed E-state index contributed by atoms with van der Waals surface area (Å²) in [7, 11) is 0. The number of para-hydroxylation sites is 1. The third kappa shape index (κ3) is 3.64. The van der Waals surface area contributed by atoms with Crippen molar-refractivity contribution >= 4 is 27.4 Å². The lowest BCUT2D eigenvalue weighted by Gasteiger charge is -2.02. The number of rotatable bonds is 1. The lowest BCUT2D eigenvalue weighted by atomic mass is 10.1. The molecule has 5 rings (SSSR count). The molecule has 0 fully saturated rings. The van der Waals surface area contributed by atoms with Crippen molar-refractivity contribution in [3.05, 3.63) is 113 Å². The molecule has 136 valence electrons. The van der Waals surface area contributed by atoms with Crippen LogP contribution in [0, 0.1) is 0 Å². The van der Waals surface area contributed by atoms with Crippen LogP contribution in [0.1, 0.15) is 0 Å². The van der Waals surface area contributed by atoms with E-state index in [2.05, 4.69) is 12.1 Å². The zero-order valence-electron chi connectivity index (χ0n) is 15.2. The van der Waals surface area contributed by atoms with Crippen LogP contribution >= 0.6 is 0 Å². The van der Waals surface area contributed by atoms with Crippen molar-refractivity contribution in [2.45, 2.75) is 0 Å². The molecule has 3 heteroatoms. The Morgan fingerprint density at radius 2 is 1.29 bits per heavy atom. The van der Waals surface area contributed by atoms with Gasteiger partial charge in [0, 0.05) is 22.7 Å². The van der Waals surface area contributed by atoms with Crippen LogP contribution in [0.4, 0.5) is 5.69 Å². The van der Waals surface area contributed by atoms with Gasteiger partial charge >= 0.3 is 0 Å². The highest BCUT2D eigenvalue weighted by molar-refractivity contribution is 5.92. The van der Waals surface area contributed by atoms with E-state index in [9.17, 15) is 4.79 Å². The van der Waals surface area contributed by atoms with Crippen molar-refractivity contribution in [1.29, 1.82) is 0 Å². The summed E-state index contributed by atoms with van der Waals surface area (Å²) in [5.41, 5.74) is 8.13. The fraction of sp³-hybridized carbons (Fsp3) is 0. The van der Waals surface area contributed by atoms with Gasteiger partial charge in [0.25, 0.3) is 0 Å². The first kappa shape index (κ1) is 17.6. The van der Waals surface area contributed by atoms with Crippen LogP contribution in [-0.4, -0.2) is 0 Å². The second-order valence-electron chi connectivity index (χ2n) is 6.41. The molecule has 1 heterocycles. The van der Waals surface area contributed by atoms with Crippen LogP contribution in [0.3, 0.4) is 0 Å². The summed E-state index contributed by atoms with van der Waals surface area (Å²) in [5.74, 6) is 0.606. The van der Waals surface area contributed by atoms with Gasteiger partial charge in [-0.05, 0) is 23.6 Å². The Kier molecular flexibility index (Phi) is 4.89. The molecule has 0 bridgehead atoms. The summed E-state index contributed by atoms with van der Waals surface area (Å²) in [4.78, 5) is 11.9. The van der Waals surface area contributed by atoms with Crippen molar-refractivity contribution in [3.8, 4) is 11.3 Å². The average Bonchev–Trinajstić information content (AvgIpc) is 2.75. The summed E-state index contributed by atoms with van der Waals surface area (Å²) >= 11 is 0. The molecule has 28 heavy (non-hydrogen) atoms. The average molecular weight is 365 g/mol. The molecular weight excluding hydrogens is 346 g/mol. The predicted molar refractivity (Wildman–Crippen MR) is 116 cm³/mol. The Morgan fingerprint density at radius 3 is 2.07 bits per heavy atom. The fourth-order valence-corrected chi connectivity index (χ4v) is 3.10. The Bertz CT molecular complexity index is 1290. The van der Waals surface area contributed by atoms with Crippen molar-refractivity contribution in [2.24, 2.45) is 0 Å². The first-order valence-corrected chi connectivity index (χ1v) is 9.04. The number of anilines is 1. The summed E-state index contributed by atoms with van der Waals surface area (Å²) < 4.78 is 5.73. The van der Waals surface area contributed by atoms with Crippen LogP contribution in [0.5, 0.6) is 0 Å². The molecule has 2 N–H and O–H groups in total. The molecule has 4 aromatic carbocycles. The van der Waals surface area contributed by atoms with E-state index in [-0.39, 0.29) is 5.43 Å². The molecule has 0 saturated carbocycles. The van der Waals surface area contributed by atoms with Gasteiger partial charge in [0.05, 0.1) is 5.39 Å². The number of hydrogen-bond donors (Lipinski definition) is 1. The topological polar surface area (TPSA) is 56.2 Å². The minimum atomic E-state index is -0.00861. The molecule has 0 amide bonds. The van der Waals surface area contributed by atoms with E-state index in [0.29, 0.717) is 16.7 Å². The van der Waals surface area contributed by atoms with Gasteiger partial charge < -0.3 is 10.2 Å². The van der Waals surface area contributed by atoms with E-state index in [1.54, 1.807) is 6.07 Å². The van der Waals surface area contributed by atoms with Gasteiger partial charge in [0.2, 0.25) is 0 Å². The number of nitrogen functional groups attached to an aromatic ring is 1. The largest absolute Gasteiger partial charge is 0.456 e. The monoisotopic (exact) mass is 365 g/mol. The molecule has 0 aliphatic heterocycles. The van der Waals surface area contributed by atoms with Gasteiger partial charge in [0.1, 0.15) is 11.3 Å². The SMILES string of the molecule is Nc1cccc2ccccc12.O=c1cc(-c2ccccc2)oc2ccccc12. The van der Waals surface area contributed by atoms with Gasteiger partial charge in [-0.1, -0.05) is 78.9 Å². The van der Waals surface area contributed by atoms with Gasteiger partial charge in [0.15, 0.2) is 5.43 Å². The molecule has 3 nitrogen and oxygen atoms in total. The second kappa shape index (κ2) is 7.80. The Hall–Kier alpha value is -3.85. The maximum Gasteiger partial charge on any atom is 0.193 e. The molecule has 0 radical (unpaired) electrons. The van der Waals surface area contributed by atoms with E-state index in [4.69, 9.17) is 10.2 Å². The van der Waals surface area contributed by atoms with Crippen LogP contribution < -0.4 is 11.2 Å². The standard InChI is InChI=1S/C15H10O2.C10H9N/c16-13-10-15(11-6-2-1-3-7-11)17-14-9-5-4-8-12(13)14;11-10-7-3-5-8-4-1-2-6-9(8)10/h1-10H;1-7H,11H2. The van der Waals surface area contributed by atoms with Crippen molar-refractivity contribution in [1.82, 2.24) is 0 Å². The Morgan fingerprint density at radius 1 is 0.643 bits per heavy atom. The maximum atomic E-state index is 11.9. The molecule has 0 aliphatic carbocycles. The quantitative estimate of drug-likeness (QED) is 0.377. The third-order valence-corrected chi connectivity index (χ3v) is 4.52. The van der Waals surface area contributed by atoms with E-state index >= 15 is 0 Å². The first-order chi connectivity index (χ1) is 13.7. The van der Waals surface area contributed by atoms with Gasteiger partial charge in [-0.3, -0.25) is 4.79 Å². The summed E-state index contributed by atoms with van der Waals surface area (Å²) in [5, 5.41) is 2.95. The smallest absolute Gasteiger partial charge is 0.193 e. The van der Waals surface area contributed by atoms with E-state index in [1.807, 2.05) is 78.9 Å². The molecule has 0 atom stereocenters. The van der Waals surface area contributed by atoms with Gasteiger partial charge in [-0.2, -0.15) is 0 Å². The maximum absolute atomic E-state index is 11.9. The van der Waals surface area contributed by atoms with Crippen molar-refractivity contribution in [3.63, 3.8) is 0 Å². The van der Waals surface area contributed by atoms with Crippen molar-refractivity contribution < 1.29 is 4.42 Å². The molecule has 0 spiro atoms. The van der Waals surface area contributed by atoms with E-state index < -0.39 is 0 Å². The van der Waals surface area contributed by atoms with Crippen LogP contribution in [0.15, 0.2) is 112 Å². The zero-order valence-corrected chi connectivity index (χ0v) is 15.2. The van der Waals surface area contributed by atoms with Crippen molar-refractivity contribution in [2.75, 3.05) is 5.73 Å². The van der Waals surface area contributed by atoms with Crippen LogP contribution in [-0.2, 0) is 0 Å². The van der Waals surface area contributed by atoms with E-state index in [1.165, 1.54) is 11.5 Å². The molecule has 0 aliphatic rings. The minimum Gasteiger partial charge on any atom is -0.456 e. The van der Waals surface area contributed by atoms with Crippen LogP contribution in [0.25, 0.3) is 33.1 Å². The number of hydrogen-bond acceptors (Lipinski definition) is 3. The van der Waals surface area contributed by atoms with E-state index in [0.717, 1.165) is 16.6 Å². The molecule has 0 saturated heterocycles. The third-order valence-electron chi connectivity index (χ3n) is 4.52.